The van der Waals surface area contributed by atoms with Crippen LogP contribution in [0.1, 0.15) is 43.2 Å². The Kier molecular flexibility index (Phi) is 5.81. The van der Waals surface area contributed by atoms with Crippen molar-refractivity contribution in [1.29, 1.82) is 5.26 Å². The average Bonchev–Trinajstić information content (AvgIpc) is 2.72. The van der Waals surface area contributed by atoms with Crippen LogP contribution in [0.4, 0.5) is 0 Å². The van der Waals surface area contributed by atoms with Gasteiger partial charge in [-0.2, -0.15) is 5.26 Å². The topological polar surface area (TPSA) is 73.6 Å². The van der Waals surface area contributed by atoms with Gasteiger partial charge in [-0.15, -0.1) is 0 Å². The Bertz CT molecular complexity index is 749. The highest BCUT2D eigenvalue weighted by Gasteiger charge is 2.40. The van der Waals surface area contributed by atoms with Gasteiger partial charge in [-0.05, 0) is 30.4 Å². The van der Waals surface area contributed by atoms with Crippen molar-refractivity contribution in [3.8, 4) is 6.07 Å². The van der Waals surface area contributed by atoms with Crippen LogP contribution in [0.2, 0.25) is 0 Å². The Balaban J connectivity index is 1.78. The lowest BCUT2D eigenvalue weighted by atomic mass is 9.81. The molecule has 2 aliphatic rings. The number of nitrogens with zero attached hydrogens (tertiary/aromatic N) is 3. The lowest BCUT2D eigenvalue weighted by Gasteiger charge is -2.41. The third kappa shape index (κ3) is 3.84. The standard InChI is InChI=1S/C21H27N3O3/c1-23(21(15-22)10-6-3-7-11-21)19(25)14-24-13-17-9-5-4-8-16(17)12-18(24)20(26)27-2/h4-5,8-9,18H,3,6-7,10-14H2,1-2H3/t18-/m1/s1. The average molecular weight is 369 g/mol. The molecule has 6 nitrogen and oxygen atoms in total. The second-order valence-electron chi connectivity index (χ2n) is 7.57. The van der Waals surface area contributed by atoms with Crippen molar-refractivity contribution in [3.63, 3.8) is 0 Å². The van der Waals surface area contributed by atoms with Gasteiger partial charge in [0.2, 0.25) is 5.91 Å². The van der Waals surface area contributed by atoms with Crippen LogP contribution in [0.25, 0.3) is 0 Å². The van der Waals surface area contributed by atoms with E-state index in [-0.39, 0.29) is 18.4 Å². The van der Waals surface area contributed by atoms with Crippen molar-refractivity contribution in [3.05, 3.63) is 35.4 Å². The van der Waals surface area contributed by atoms with E-state index < -0.39 is 11.6 Å². The zero-order valence-electron chi connectivity index (χ0n) is 16.1. The first-order chi connectivity index (χ1) is 13.0. The number of carbonyl (C=O) groups is 2. The molecule has 1 atom stereocenters. The number of nitriles is 1. The number of methoxy groups -OCH3 is 1. The van der Waals surface area contributed by atoms with Crippen molar-refractivity contribution in [1.82, 2.24) is 9.80 Å². The predicted molar refractivity (Wildman–Crippen MR) is 101 cm³/mol. The smallest absolute Gasteiger partial charge is 0.323 e. The molecule has 1 heterocycles. The van der Waals surface area contributed by atoms with E-state index in [4.69, 9.17) is 4.74 Å². The number of fused-ring (bicyclic) bond motifs is 1. The second kappa shape index (κ2) is 8.10. The van der Waals surface area contributed by atoms with Crippen LogP contribution >= 0.6 is 0 Å². The largest absolute Gasteiger partial charge is 0.468 e. The Morgan fingerprint density at radius 1 is 1.26 bits per heavy atom. The second-order valence-corrected chi connectivity index (χ2v) is 7.57. The monoisotopic (exact) mass is 369 g/mol. The van der Waals surface area contributed by atoms with E-state index in [1.165, 1.54) is 7.11 Å². The molecular weight excluding hydrogens is 342 g/mol. The summed E-state index contributed by atoms with van der Waals surface area (Å²) in [6, 6.07) is 9.89. The van der Waals surface area contributed by atoms with Gasteiger partial charge in [0, 0.05) is 13.6 Å². The van der Waals surface area contributed by atoms with E-state index in [0.717, 1.165) is 43.2 Å². The summed E-state index contributed by atoms with van der Waals surface area (Å²) in [5.41, 5.74) is 1.52. The summed E-state index contributed by atoms with van der Waals surface area (Å²) in [6.07, 6.45) is 5.01. The van der Waals surface area contributed by atoms with Crippen LogP contribution in [-0.2, 0) is 27.3 Å². The van der Waals surface area contributed by atoms with Crippen LogP contribution in [0, 0.1) is 11.3 Å². The van der Waals surface area contributed by atoms with Crippen LogP contribution in [0.5, 0.6) is 0 Å². The molecule has 6 heteroatoms. The first-order valence-corrected chi connectivity index (χ1v) is 9.57. The van der Waals surface area contributed by atoms with Gasteiger partial charge < -0.3 is 9.64 Å². The fourth-order valence-corrected chi connectivity index (χ4v) is 4.29. The molecule has 3 rings (SSSR count). The molecule has 1 amide bonds. The number of amides is 1. The molecule has 1 saturated carbocycles. The van der Waals surface area contributed by atoms with Crippen molar-refractivity contribution >= 4 is 11.9 Å². The fraction of sp³-hybridized carbons (Fsp3) is 0.571. The Morgan fingerprint density at radius 3 is 2.56 bits per heavy atom. The zero-order chi connectivity index (χ0) is 19.4. The van der Waals surface area contributed by atoms with Crippen molar-refractivity contribution in [2.75, 3.05) is 20.7 Å². The highest BCUT2D eigenvalue weighted by atomic mass is 16.5. The fourth-order valence-electron chi connectivity index (χ4n) is 4.29. The first kappa shape index (κ1) is 19.4. The maximum atomic E-state index is 13.0. The van der Waals surface area contributed by atoms with Gasteiger partial charge in [-0.25, -0.2) is 0 Å². The number of benzene rings is 1. The normalized spacial score (nSPS) is 21.6. The summed E-state index contributed by atoms with van der Waals surface area (Å²) in [7, 11) is 3.10. The van der Waals surface area contributed by atoms with E-state index in [1.807, 2.05) is 29.2 Å². The summed E-state index contributed by atoms with van der Waals surface area (Å²) < 4.78 is 4.98. The van der Waals surface area contributed by atoms with Gasteiger partial charge in [-0.3, -0.25) is 14.5 Å². The summed E-state index contributed by atoms with van der Waals surface area (Å²) in [4.78, 5) is 28.8. The number of rotatable bonds is 4. The summed E-state index contributed by atoms with van der Waals surface area (Å²) in [6.45, 7) is 0.628. The van der Waals surface area contributed by atoms with Crippen LogP contribution in [0.15, 0.2) is 24.3 Å². The molecule has 1 aromatic carbocycles. The number of ether oxygens (including phenoxy) is 1. The molecule has 0 aromatic heterocycles. The Hall–Kier alpha value is -2.39. The minimum Gasteiger partial charge on any atom is -0.468 e. The number of likely N-dealkylation sites (N-methyl/N-ethyl adjacent to an activating group) is 1. The molecule has 0 saturated heterocycles. The summed E-state index contributed by atoms with van der Waals surface area (Å²) in [5.74, 6) is -0.445. The molecule has 0 spiro atoms. The van der Waals surface area contributed by atoms with Gasteiger partial charge in [-0.1, -0.05) is 43.5 Å². The molecule has 0 N–H and O–H groups in total. The van der Waals surface area contributed by atoms with Gasteiger partial charge in [0.1, 0.15) is 11.6 Å². The van der Waals surface area contributed by atoms with Gasteiger partial charge >= 0.3 is 5.97 Å². The number of hydrogen-bond acceptors (Lipinski definition) is 5. The van der Waals surface area contributed by atoms with E-state index >= 15 is 0 Å². The first-order valence-electron chi connectivity index (χ1n) is 9.57. The molecule has 1 aromatic rings. The molecule has 0 radical (unpaired) electrons. The van der Waals surface area contributed by atoms with Gasteiger partial charge in [0.15, 0.2) is 0 Å². The van der Waals surface area contributed by atoms with Crippen molar-refractivity contribution < 1.29 is 14.3 Å². The van der Waals surface area contributed by atoms with Crippen LogP contribution < -0.4 is 0 Å². The molecule has 1 fully saturated rings. The van der Waals surface area contributed by atoms with E-state index in [2.05, 4.69) is 6.07 Å². The van der Waals surface area contributed by atoms with Crippen LogP contribution in [0.3, 0.4) is 0 Å². The van der Waals surface area contributed by atoms with Gasteiger partial charge in [0.25, 0.3) is 0 Å². The van der Waals surface area contributed by atoms with Crippen molar-refractivity contribution in [2.45, 2.75) is 56.7 Å². The third-order valence-electron chi connectivity index (χ3n) is 6.06. The SMILES string of the molecule is COC(=O)[C@H]1Cc2ccccc2CN1CC(=O)N(C)C1(C#N)CCCCC1. The maximum absolute atomic E-state index is 13.0. The summed E-state index contributed by atoms with van der Waals surface area (Å²) >= 11 is 0. The van der Waals surface area contributed by atoms with E-state index in [9.17, 15) is 14.9 Å². The molecule has 0 unspecified atom stereocenters. The van der Waals surface area contributed by atoms with E-state index in [0.29, 0.717) is 13.0 Å². The number of carbonyl (C=O) groups excluding carboxylic acids is 2. The summed E-state index contributed by atoms with van der Waals surface area (Å²) in [5, 5.41) is 9.74. The van der Waals surface area contributed by atoms with Crippen molar-refractivity contribution in [2.24, 2.45) is 0 Å². The molecule has 27 heavy (non-hydrogen) atoms. The van der Waals surface area contributed by atoms with E-state index in [1.54, 1.807) is 11.9 Å². The zero-order valence-corrected chi connectivity index (χ0v) is 16.1. The van der Waals surface area contributed by atoms with Gasteiger partial charge in [0.05, 0.1) is 19.7 Å². The Labute approximate surface area is 160 Å². The predicted octanol–water partition coefficient (Wildman–Crippen LogP) is 2.27. The van der Waals surface area contributed by atoms with Crippen LogP contribution in [-0.4, -0.2) is 54.0 Å². The minimum absolute atomic E-state index is 0.105. The molecule has 144 valence electrons. The highest BCUT2D eigenvalue weighted by Crippen LogP contribution is 2.33. The molecule has 1 aliphatic carbocycles. The molecular formula is C21H27N3O3. The lowest BCUT2D eigenvalue weighted by Crippen LogP contribution is -2.55. The Morgan fingerprint density at radius 2 is 1.93 bits per heavy atom. The maximum Gasteiger partial charge on any atom is 0.323 e. The molecule has 0 bridgehead atoms. The number of hydrogen-bond donors (Lipinski definition) is 0. The lowest BCUT2D eigenvalue weighted by molar-refractivity contribution is -0.149. The number of esters is 1. The quantitative estimate of drug-likeness (QED) is 0.761. The minimum atomic E-state index is -0.718. The third-order valence-corrected chi connectivity index (χ3v) is 6.06. The highest BCUT2D eigenvalue weighted by molar-refractivity contribution is 5.82. The molecule has 1 aliphatic heterocycles.